The lowest BCUT2D eigenvalue weighted by atomic mass is 10.1. The van der Waals surface area contributed by atoms with Crippen molar-refractivity contribution in [3.8, 4) is 0 Å². The largest absolute Gasteiger partial charge is 0.310 e. The molecule has 0 aromatic heterocycles. The van der Waals surface area contributed by atoms with Crippen LogP contribution in [0.4, 0.5) is 0 Å². The van der Waals surface area contributed by atoms with E-state index < -0.39 is 0 Å². The molecule has 0 radical (unpaired) electrons. The first kappa shape index (κ1) is 10.1. The number of rotatable bonds is 3. The van der Waals surface area contributed by atoms with Crippen LogP contribution in [0.1, 0.15) is 51.9 Å². The minimum Gasteiger partial charge on any atom is -0.310 e. The Kier molecular flexibility index (Phi) is 2.73. The quantitative estimate of drug-likeness (QED) is 0.764. The molecule has 2 unspecified atom stereocenters. The molecule has 2 atom stereocenters. The van der Waals surface area contributed by atoms with E-state index in [-0.39, 0.29) is 0 Å². The Hall–Kier alpha value is -0.0800. The van der Waals surface area contributed by atoms with Gasteiger partial charge in [-0.25, -0.2) is 0 Å². The molecule has 3 rings (SSSR count). The summed E-state index contributed by atoms with van der Waals surface area (Å²) in [5.41, 5.74) is 0. The van der Waals surface area contributed by atoms with Gasteiger partial charge in [0, 0.05) is 30.7 Å². The van der Waals surface area contributed by atoms with E-state index in [1.807, 2.05) is 0 Å². The summed E-state index contributed by atoms with van der Waals surface area (Å²) in [6.45, 7) is 3.73. The van der Waals surface area contributed by atoms with Gasteiger partial charge in [-0.05, 0) is 39.0 Å². The van der Waals surface area contributed by atoms with Crippen LogP contribution >= 0.6 is 0 Å². The zero-order valence-corrected chi connectivity index (χ0v) is 9.91. The number of nitrogens with zero attached hydrogens (tertiary/aromatic N) is 1. The standard InChI is InChI=1S/C13H24N2/c1-10-8-12(9-15(10)13-6-7-13)14-11-4-2-3-5-11/h10-14H,2-9H2,1H3. The predicted molar refractivity (Wildman–Crippen MR) is 63.0 cm³/mol. The molecule has 0 amide bonds. The van der Waals surface area contributed by atoms with Crippen LogP contribution in [0, 0.1) is 0 Å². The van der Waals surface area contributed by atoms with Crippen LogP contribution in [0.25, 0.3) is 0 Å². The zero-order chi connectivity index (χ0) is 10.3. The van der Waals surface area contributed by atoms with Gasteiger partial charge in [0.15, 0.2) is 0 Å². The lowest BCUT2D eigenvalue weighted by molar-refractivity contribution is 0.254. The van der Waals surface area contributed by atoms with Crippen LogP contribution in [0.2, 0.25) is 0 Å². The molecule has 1 aliphatic heterocycles. The predicted octanol–water partition coefficient (Wildman–Crippen LogP) is 2.14. The van der Waals surface area contributed by atoms with Gasteiger partial charge in [-0.3, -0.25) is 4.90 Å². The van der Waals surface area contributed by atoms with Crippen molar-refractivity contribution in [2.75, 3.05) is 6.54 Å². The first-order valence-corrected chi connectivity index (χ1v) is 6.85. The highest BCUT2D eigenvalue weighted by Crippen LogP contribution is 2.33. The minimum atomic E-state index is 0.795. The molecule has 3 fully saturated rings. The fourth-order valence-corrected chi connectivity index (χ4v) is 3.52. The Morgan fingerprint density at radius 3 is 2.40 bits per heavy atom. The SMILES string of the molecule is CC1CC(NC2CCCC2)CN1C1CC1. The third-order valence-electron chi connectivity index (χ3n) is 4.47. The van der Waals surface area contributed by atoms with Gasteiger partial charge >= 0.3 is 0 Å². The molecule has 86 valence electrons. The second-order valence-corrected chi connectivity index (χ2v) is 5.86. The summed E-state index contributed by atoms with van der Waals surface area (Å²) in [5.74, 6) is 0. The second kappa shape index (κ2) is 4.06. The van der Waals surface area contributed by atoms with Crippen LogP contribution in [-0.4, -0.2) is 35.6 Å². The smallest absolute Gasteiger partial charge is 0.0212 e. The van der Waals surface area contributed by atoms with Gasteiger partial charge in [-0.2, -0.15) is 0 Å². The van der Waals surface area contributed by atoms with E-state index in [9.17, 15) is 0 Å². The molecule has 15 heavy (non-hydrogen) atoms. The molecular formula is C13H24N2. The Bertz CT molecular complexity index is 217. The van der Waals surface area contributed by atoms with Crippen molar-refractivity contribution < 1.29 is 0 Å². The van der Waals surface area contributed by atoms with Gasteiger partial charge < -0.3 is 5.32 Å². The number of likely N-dealkylation sites (tertiary alicyclic amines) is 1. The van der Waals surface area contributed by atoms with E-state index in [0.717, 1.165) is 24.2 Å². The maximum Gasteiger partial charge on any atom is 0.0212 e. The van der Waals surface area contributed by atoms with Crippen LogP contribution in [0.15, 0.2) is 0 Å². The minimum absolute atomic E-state index is 0.795. The normalized spacial score (nSPS) is 39.0. The third kappa shape index (κ3) is 2.21. The molecule has 3 aliphatic rings. The van der Waals surface area contributed by atoms with Crippen LogP contribution < -0.4 is 5.32 Å². The Morgan fingerprint density at radius 2 is 1.73 bits per heavy atom. The fraction of sp³-hybridized carbons (Fsp3) is 1.00. The average molecular weight is 208 g/mol. The topological polar surface area (TPSA) is 15.3 Å². The Balaban J connectivity index is 1.50. The summed E-state index contributed by atoms with van der Waals surface area (Å²) in [7, 11) is 0. The summed E-state index contributed by atoms with van der Waals surface area (Å²) in [6.07, 6.45) is 10.1. The van der Waals surface area contributed by atoms with Gasteiger partial charge in [0.2, 0.25) is 0 Å². The monoisotopic (exact) mass is 208 g/mol. The van der Waals surface area contributed by atoms with E-state index in [4.69, 9.17) is 0 Å². The zero-order valence-electron chi connectivity index (χ0n) is 9.91. The third-order valence-corrected chi connectivity index (χ3v) is 4.47. The van der Waals surface area contributed by atoms with Gasteiger partial charge in [-0.15, -0.1) is 0 Å². The summed E-state index contributed by atoms with van der Waals surface area (Å²) in [6, 6.07) is 3.43. The highest BCUT2D eigenvalue weighted by Gasteiger charge is 2.39. The first-order valence-electron chi connectivity index (χ1n) is 6.85. The molecule has 0 aromatic rings. The molecule has 1 heterocycles. The number of hydrogen-bond acceptors (Lipinski definition) is 2. The maximum absolute atomic E-state index is 3.88. The van der Waals surface area contributed by atoms with Gasteiger partial charge in [0.25, 0.3) is 0 Å². The number of nitrogens with one attached hydrogen (secondary N) is 1. The van der Waals surface area contributed by atoms with E-state index >= 15 is 0 Å². The summed E-state index contributed by atoms with van der Waals surface area (Å²) >= 11 is 0. The molecule has 2 aliphatic carbocycles. The summed E-state index contributed by atoms with van der Waals surface area (Å²) < 4.78 is 0. The molecule has 2 heteroatoms. The highest BCUT2D eigenvalue weighted by atomic mass is 15.3. The van der Waals surface area contributed by atoms with E-state index in [2.05, 4.69) is 17.1 Å². The maximum atomic E-state index is 3.88. The summed E-state index contributed by atoms with van der Waals surface area (Å²) in [5, 5.41) is 3.88. The van der Waals surface area contributed by atoms with Crippen molar-refractivity contribution in [1.29, 1.82) is 0 Å². The van der Waals surface area contributed by atoms with E-state index in [0.29, 0.717) is 0 Å². The Morgan fingerprint density at radius 1 is 1.00 bits per heavy atom. The second-order valence-electron chi connectivity index (χ2n) is 5.86. The van der Waals surface area contributed by atoms with Crippen molar-refractivity contribution in [2.24, 2.45) is 0 Å². The van der Waals surface area contributed by atoms with Gasteiger partial charge in [-0.1, -0.05) is 12.8 Å². The molecule has 1 saturated heterocycles. The van der Waals surface area contributed by atoms with Crippen molar-refractivity contribution >= 4 is 0 Å². The Labute approximate surface area is 93.4 Å². The molecule has 0 spiro atoms. The molecule has 2 nitrogen and oxygen atoms in total. The van der Waals surface area contributed by atoms with Gasteiger partial charge in [0.1, 0.15) is 0 Å². The van der Waals surface area contributed by atoms with E-state index in [1.54, 1.807) is 0 Å². The lowest BCUT2D eigenvalue weighted by Gasteiger charge is -2.20. The molecule has 1 N–H and O–H groups in total. The number of hydrogen-bond donors (Lipinski definition) is 1. The first-order chi connectivity index (χ1) is 7.33. The highest BCUT2D eigenvalue weighted by molar-refractivity contribution is 4.97. The van der Waals surface area contributed by atoms with Crippen molar-refractivity contribution in [3.63, 3.8) is 0 Å². The fourth-order valence-electron chi connectivity index (χ4n) is 3.52. The van der Waals surface area contributed by atoms with Crippen LogP contribution in [0.5, 0.6) is 0 Å². The van der Waals surface area contributed by atoms with Crippen molar-refractivity contribution in [2.45, 2.75) is 76.0 Å². The molecule has 0 bridgehead atoms. The molecule has 2 saturated carbocycles. The summed E-state index contributed by atoms with van der Waals surface area (Å²) in [4.78, 5) is 2.74. The van der Waals surface area contributed by atoms with Crippen LogP contribution in [0.3, 0.4) is 0 Å². The van der Waals surface area contributed by atoms with Crippen molar-refractivity contribution in [1.82, 2.24) is 10.2 Å². The average Bonchev–Trinajstić information content (AvgIpc) is 2.81. The van der Waals surface area contributed by atoms with Crippen LogP contribution in [-0.2, 0) is 0 Å². The van der Waals surface area contributed by atoms with Gasteiger partial charge in [0.05, 0.1) is 0 Å². The van der Waals surface area contributed by atoms with Crippen molar-refractivity contribution in [3.05, 3.63) is 0 Å². The lowest BCUT2D eigenvalue weighted by Crippen LogP contribution is -2.39. The molecule has 0 aromatic carbocycles. The molecular weight excluding hydrogens is 184 g/mol. The van der Waals surface area contributed by atoms with E-state index in [1.165, 1.54) is 51.5 Å².